The van der Waals surface area contributed by atoms with Crippen molar-refractivity contribution in [1.29, 1.82) is 0 Å². The zero-order chi connectivity index (χ0) is 23.5. The minimum absolute atomic E-state index is 0. The van der Waals surface area contributed by atoms with E-state index in [9.17, 15) is 27.0 Å². The average molecular weight is 524 g/mol. The zero-order valence-corrected chi connectivity index (χ0v) is 23.4. The molecule has 34 heavy (non-hydrogen) atoms. The van der Waals surface area contributed by atoms with Gasteiger partial charge in [0.05, 0.1) is 21.2 Å². The van der Waals surface area contributed by atoms with Gasteiger partial charge in [0, 0.05) is 71.2 Å². The van der Waals surface area contributed by atoms with Gasteiger partial charge in [-0.05, 0) is 48.5 Å². The second kappa shape index (κ2) is 12.3. The number of azo groups is 2. The predicted molar refractivity (Wildman–Crippen MR) is 122 cm³/mol. The second-order valence-corrected chi connectivity index (χ2v) is 9.01. The van der Waals surface area contributed by atoms with Crippen LogP contribution in [-0.2, 0) is 20.2 Å². The van der Waals surface area contributed by atoms with Gasteiger partial charge in [-0.3, -0.25) is 9.11 Å². The summed E-state index contributed by atoms with van der Waals surface area (Å²) >= 11 is 0. The van der Waals surface area contributed by atoms with E-state index in [1.54, 1.807) is 0 Å². The molecule has 0 aliphatic carbocycles. The Morgan fingerprint density at radius 2 is 0.853 bits per heavy atom. The molecule has 0 heterocycles. The largest absolute Gasteiger partial charge is 0.505 e. The minimum Gasteiger partial charge on any atom is -0.505 e. The fraction of sp³-hybridized carbons (Fsp3) is 0. The summed E-state index contributed by atoms with van der Waals surface area (Å²) in [5, 5.41) is 35.2. The van der Waals surface area contributed by atoms with Gasteiger partial charge in [0.1, 0.15) is 22.9 Å². The zero-order valence-electron chi connectivity index (χ0n) is 17.8. The van der Waals surface area contributed by atoms with Crippen molar-refractivity contribution < 1.29 is 36.2 Å². The number of hydrogen-bond donors (Lipinski definition) is 4. The van der Waals surface area contributed by atoms with Crippen LogP contribution < -0.4 is 0 Å². The molecule has 0 unspecified atom stereocenters. The summed E-state index contributed by atoms with van der Waals surface area (Å²) in [5.74, 6) is -0.838. The SMILES string of the molecule is O=S(=O)(O)c1ccc(N=Nc2cc(N=Nc3ccc(S(=O)(=O)O)cc3)c(O)cc2O)cc1.[Na].[Na]. The van der Waals surface area contributed by atoms with Crippen molar-refractivity contribution >= 4 is 102 Å². The summed E-state index contributed by atoms with van der Waals surface area (Å²) in [6, 6.07) is 11.7. The number of benzene rings is 3. The van der Waals surface area contributed by atoms with Gasteiger partial charge in [-0.15, -0.1) is 10.2 Å². The van der Waals surface area contributed by atoms with Crippen molar-refractivity contribution in [2.45, 2.75) is 9.79 Å². The van der Waals surface area contributed by atoms with Crippen molar-refractivity contribution in [3.63, 3.8) is 0 Å². The molecule has 12 nitrogen and oxygen atoms in total. The monoisotopic (exact) mass is 524 g/mol. The van der Waals surface area contributed by atoms with Gasteiger partial charge in [-0.25, -0.2) is 0 Å². The molecule has 16 heteroatoms. The van der Waals surface area contributed by atoms with Crippen LogP contribution in [0.3, 0.4) is 0 Å². The Hall–Kier alpha value is -1.72. The molecule has 0 saturated heterocycles. The van der Waals surface area contributed by atoms with Crippen molar-refractivity contribution in [3.8, 4) is 11.5 Å². The molecular weight excluding hydrogens is 510 g/mol. The summed E-state index contributed by atoms with van der Waals surface area (Å²) in [7, 11) is -8.70. The molecule has 0 fully saturated rings. The maximum Gasteiger partial charge on any atom is 0.294 e. The molecule has 0 aliphatic rings. The van der Waals surface area contributed by atoms with Gasteiger partial charge in [0.15, 0.2) is 0 Å². The van der Waals surface area contributed by atoms with Crippen LogP contribution in [0, 0.1) is 0 Å². The van der Waals surface area contributed by atoms with Crippen LogP contribution in [0.15, 0.2) is 90.9 Å². The molecule has 168 valence electrons. The number of rotatable bonds is 6. The van der Waals surface area contributed by atoms with E-state index >= 15 is 0 Å². The second-order valence-electron chi connectivity index (χ2n) is 6.17. The van der Waals surface area contributed by atoms with Gasteiger partial charge in [0.2, 0.25) is 0 Å². The molecule has 0 aliphatic heterocycles. The third-order valence-electron chi connectivity index (χ3n) is 3.89. The van der Waals surface area contributed by atoms with Crippen molar-refractivity contribution in [3.05, 3.63) is 60.7 Å². The Morgan fingerprint density at radius 1 is 0.529 bits per heavy atom. The van der Waals surface area contributed by atoms with Gasteiger partial charge < -0.3 is 10.2 Å². The Morgan fingerprint density at radius 3 is 1.15 bits per heavy atom. The van der Waals surface area contributed by atoms with E-state index in [-0.39, 0.29) is 91.7 Å². The number of hydrogen-bond acceptors (Lipinski definition) is 10. The molecule has 0 atom stereocenters. The van der Waals surface area contributed by atoms with Crippen LogP contribution in [0.5, 0.6) is 11.5 Å². The van der Waals surface area contributed by atoms with Gasteiger partial charge in [-0.1, -0.05) is 0 Å². The van der Waals surface area contributed by atoms with Gasteiger partial charge in [0.25, 0.3) is 20.2 Å². The van der Waals surface area contributed by atoms with Gasteiger partial charge >= 0.3 is 0 Å². The first-order valence-corrected chi connectivity index (χ1v) is 11.4. The topological polar surface area (TPSA) is 199 Å². The first kappa shape index (κ1) is 30.3. The molecule has 0 bridgehead atoms. The fourth-order valence-electron chi connectivity index (χ4n) is 2.31. The molecule has 3 aromatic rings. The van der Waals surface area contributed by atoms with Crippen LogP contribution in [-0.4, -0.2) is 95.3 Å². The Balaban J connectivity index is 0.00000289. The van der Waals surface area contributed by atoms with Crippen LogP contribution in [0.2, 0.25) is 0 Å². The van der Waals surface area contributed by atoms with Crippen LogP contribution >= 0.6 is 0 Å². The molecule has 3 rings (SSSR count). The molecule has 0 spiro atoms. The number of aromatic hydroxyl groups is 2. The maximum absolute atomic E-state index is 11.0. The van der Waals surface area contributed by atoms with E-state index in [0.29, 0.717) is 0 Å². The molecular formula is C18H14N4Na2O8S2. The van der Waals surface area contributed by atoms with Crippen molar-refractivity contribution in [2.75, 3.05) is 0 Å². The molecule has 0 aromatic heterocycles. The van der Waals surface area contributed by atoms with E-state index in [4.69, 9.17) is 9.11 Å². The molecule has 0 amide bonds. The van der Waals surface area contributed by atoms with Crippen LogP contribution in [0.1, 0.15) is 0 Å². The van der Waals surface area contributed by atoms with E-state index in [0.717, 1.165) is 30.3 Å². The Bertz CT molecular complexity index is 1320. The fourth-order valence-corrected chi connectivity index (χ4v) is 3.27. The smallest absolute Gasteiger partial charge is 0.294 e. The molecule has 4 N–H and O–H groups in total. The molecule has 0 saturated carbocycles. The first-order chi connectivity index (χ1) is 14.9. The van der Waals surface area contributed by atoms with E-state index in [1.807, 2.05) is 0 Å². The summed E-state index contributed by atoms with van der Waals surface area (Å²) in [5.41, 5.74) is 0.258. The normalized spacial score (nSPS) is 11.8. The van der Waals surface area contributed by atoms with Crippen LogP contribution in [0.4, 0.5) is 22.7 Å². The van der Waals surface area contributed by atoms with Crippen molar-refractivity contribution in [1.82, 2.24) is 0 Å². The predicted octanol–water partition coefficient (Wildman–Crippen LogP) is 3.66. The third-order valence-corrected chi connectivity index (χ3v) is 5.62. The standard InChI is InChI=1S/C18H14N4O8S2.2Na/c23-17-10-18(24)16(22-20-12-3-7-14(8-4-12)32(28,29)30)9-15(17)21-19-11-1-5-13(6-2-11)31(25,26)27;;/h1-10,23-24H,(H,25,26,27)(H,28,29,30);;. The van der Waals surface area contributed by atoms with Crippen molar-refractivity contribution in [2.24, 2.45) is 20.5 Å². The summed E-state index contributed by atoms with van der Waals surface area (Å²) in [4.78, 5) is -0.646. The van der Waals surface area contributed by atoms with E-state index < -0.39 is 31.7 Å². The Labute approximate surface area is 238 Å². The summed E-state index contributed by atoms with van der Waals surface area (Å²) < 4.78 is 62.1. The van der Waals surface area contributed by atoms with Crippen LogP contribution in [0.25, 0.3) is 0 Å². The van der Waals surface area contributed by atoms with E-state index in [2.05, 4.69) is 20.5 Å². The average Bonchev–Trinajstić information content (AvgIpc) is 2.72. The summed E-state index contributed by atoms with van der Waals surface area (Å²) in [6.45, 7) is 0. The first-order valence-electron chi connectivity index (χ1n) is 8.48. The molecule has 3 aromatic carbocycles. The quantitative estimate of drug-likeness (QED) is 0.213. The number of nitrogens with zero attached hydrogens (tertiary/aromatic N) is 4. The molecule has 2 radical (unpaired) electrons. The number of phenolic OH excluding ortho intramolecular Hbond substituents is 2. The third kappa shape index (κ3) is 8.20. The summed E-state index contributed by atoms with van der Waals surface area (Å²) in [6.07, 6.45) is 0. The van der Waals surface area contributed by atoms with E-state index in [1.165, 1.54) is 30.3 Å². The minimum atomic E-state index is -4.35. The van der Waals surface area contributed by atoms with Gasteiger partial charge in [-0.2, -0.15) is 27.1 Å². The number of phenols is 2. The Kier molecular flexibility index (Phi) is 11.0. The maximum atomic E-state index is 11.0.